The third-order valence-corrected chi connectivity index (χ3v) is 2.44. The molecule has 0 amide bonds. The van der Waals surface area contributed by atoms with E-state index in [4.69, 9.17) is 0 Å². The quantitative estimate of drug-likeness (QED) is 0.494. The summed E-state index contributed by atoms with van der Waals surface area (Å²) in [4.78, 5) is 2.46. The van der Waals surface area contributed by atoms with E-state index in [0.29, 0.717) is 6.04 Å². The van der Waals surface area contributed by atoms with Crippen molar-refractivity contribution in [2.24, 2.45) is 0 Å². The fraction of sp³-hybridized carbons (Fsp3) is 0.800. The summed E-state index contributed by atoms with van der Waals surface area (Å²) < 4.78 is 0. The van der Waals surface area contributed by atoms with E-state index in [1.165, 1.54) is 6.42 Å². The zero-order chi connectivity index (χ0) is 9.40. The van der Waals surface area contributed by atoms with Gasteiger partial charge in [-0.25, -0.2) is 0 Å². The van der Waals surface area contributed by atoms with Crippen LogP contribution in [0.5, 0.6) is 0 Å². The molecular weight excluding hydrogens is 166 g/mol. The Balaban J connectivity index is 3.74. The smallest absolute Gasteiger partial charge is 0.0166 e. The fourth-order valence-corrected chi connectivity index (χ4v) is 1.31. The van der Waals surface area contributed by atoms with E-state index < -0.39 is 0 Å². The van der Waals surface area contributed by atoms with Crippen LogP contribution in [-0.2, 0) is 0 Å². The highest BCUT2D eigenvalue weighted by atomic mass is 32.1. The van der Waals surface area contributed by atoms with Crippen LogP contribution >= 0.6 is 12.6 Å². The first-order valence-electron chi connectivity index (χ1n) is 4.76. The van der Waals surface area contributed by atoms with Crippen molar-refractivity contribution in [2.75, 3.05) is 18.8 Å². The number of likely N-dealkylation sites (N-methyl/N-ethyl adjacent to an activating group) is 1. The Labute approximate surface area is 82.2 Å². The highest BCUT2D eigenvalue weighted by Gasteiger charge is 2.06. The number of hydrogen-bond donors (Lipinski definition) is 1. The van der Waals surface area contributed by atoms with E-state index >= 15 is 0 Å². The third-order valence-electron chi connectivity index (χ3n) is 2.23. The molecule has 0 fully saturated rings. The van der Waals surface area contributed by atoms with Crippen molar-refractivity contribution in [1.29, 1.82) is 0 Å². The molecule has 1 atom stereocenters. The van der Waals surface area contributed by atoms with Crippen molar-refractivity contribution >= 4 is 12.6 Å². The molecule has 0 aromatic heterocycles. The Hall–Kier alpha value is 0.0500. The summed E-state index contributed by atoms with van der Waals surface area (Å²) in [6.45, 7) is 8.91. The van der Waals surface area contributed by atoms with Gasteiger partial charge in [-0.05, 0) is 19.9 Å². The maximum atomic E-state index is 4.12. The predicted octanol–water partition coefficient (Wildman–Crippen LogP) is 2.59. The molecule has 0 aromatic carbocycles. The van der Waals surface area contributed by atoms with Gasteiger partial charge in [0.15, 0.2) is 0 Å². The maximum absolute atomic E-state index is 4.12. The zero-order valence-corrected chi connectivity index (χ0v) is 9.35. The van der Waals surface area contributed by atoms with E-state index in [0.717, 1.165) is 18.8 Å². The SMILES string of the molecule is CCC(C)N(CC)CC=CCS. The molecule has 0 saturated carbocycles. The van der Waals surface area contributed by atoms with Crippen molar-refractivity contribution in [3.05, 3.63) is 12.2 Å². The number of rotatable bonds is 6. The summed E-state index contributed by atoms with van der Waals surface area (Å²) in [6, 6.07) is 0.694. The zero-order valence-electron chi connectivity index (χ0n) is 8.45. The summed E-state index contributed by atoms with van der Waals surface area (Å²) in [5, 5.41) is 0. The van der Waals surface area contributed by atoms with Crippen LogP contribution in [0.4, 0.5) is 0 Å². The summed E-state index contributed by atoms with van der Waals surface area (Å²) in [5.74, 6) is 0.845. The first-order chi connectivity index (χ1) is 5.76. The Morgan fingerprint density at radius 1 is 1.33 bits per heavy atom. The van der Waals surface area contributed by atoms with Crippen LogP contribution in [0.1, 0.15) is 27.2 Å². The van der Waals surface area contributed by atoms with E-state index in [9.17, 15) is 0 Å². The van der Waals surface area contributed by atoms with Gasteiger partial charge < -0.3 is 0 Å². The van der Waals surface area contributed by atoms with Crippen LogP contribution in [0.25, 0.3) is 0 Å². The molecule has 0 rings (SSSR count). The second-order valence-electron chi connectivity index (χ2n) is 3.00. The van der Waals surface area contributed by atoms with Gasteiger partial charge in [0.05, 0.1) is 0 Å². The topological polar surface area (TPSA) is 3.24 Å². The fourth-order valence-electron chi connectivity index (χ4n) is 1.16. The Kier molecular flexibility index (Phi) is 7.72. The normalized spacial score (nSPS) is 14.4. The van der Waals surface area contributed by atoms with Gasteiger partial charge in [-0.15, -0.1) is 0 Å². The van der Waals surface area contributed by atoms with Crippen LogP contribution in [0.15, 0.2) is 12.2 Å². The second-order valence-corrected chi connectivity index (χ2v) is 3.36. The molecule has 0 bridgehead atoms. The van der Waals surface area contributed by atoms with Crippen molar-refractivity contribution in [1.82, 2.24) is 4.90 Å². The Bertz CT molecular complexity index is 123. The molecule has 0 aliphatic heterocycles. The van der Waals surface area contributed by atoms with Crippen LogP contribution in [0, 0.1) is 0 Å². The van der Waals surface area contributed by atoms with Gasteiger partial charge in [-0.1, -0.05) is 26.0 Å². The predicted molar refractivity (Wildman–Crippen MR) is 60.0 cm³/mol. The Morgan fingerprint density at radius 3 is 2.42 bits per heavy atom. The highest BCUT2D eigenvalue weighted by molar-refractivity contribution is 7.80. The molecule has 72 valence electrons. The van der Waals surface area contributed by atoms with Gasteiger partial charge in [0.2, 0.25) is 0 Å². The number of thiol groups is 1. The summed E-state index contributed by atoms with van der Waals surface area (Å²) in [5.41, 5.74) is 0. The van der Waals surface area contributed by atoms with Crippen molar-refractivity contribution in [3.63, 3.8) is 0 Å². The second kappa shape index (κ2) is 7.69. The highest BCUT2D eigenvalue weighted by Crippen LogP contribution is 2.02. The molecular formula is C10H21NS. The summed E-state index contributed by atoms with van der Waals surface area (Å²) in [6.07, 6.45) is 5.53. The van der Waals surface area contributed by atoms with Crippen molar-refractivity contribution in [3.8, 4) is 0 Å². The maximum Gasteiger partial charge on any atom is 0.0166 e. The third kappa shape index (κ3) is 4.83. The first kappa shape index (κ1) is 12.0. The van der Waals surface area contributed by atoms with E-state index in [-0.39, 0.29) is 0 Å². The molecule has 0 spiro atoms. The minimum absolute atomic E-state index is 0.694. The lowest BCUT2D eigenvalue weighted by atomic mass is 10.2. The lowest BCUT2D eigenvalue weighted by Crippen LogP contribution is -2.32. The van der Waals surface area contributed by atoms with E-state index in [1.54, 1.807) is 0 Å². The molecule has 12 heavy (non-hydrogen) atoms. The van der Waals surface area contributed by atoms with Crippen molar-refractivity contribution in [2.45, 2.75) is 33.2 Å². The molecule has 0 aliphatic rings. The first-order valence-corrected chi connectivity index (χ1v) is 5.39. The standard InChI is InChI=1S/C10H21NS/c1-4-10(3)11(5-2)8-6-7-9-12/h6-7,10,12H,4-5,8-9H2,1-3H3. The lowest BCUT2D eigenvalue weighted by molar-refractivity contribution is 0.238. The number of nitrogens with zero attached hydrogens (tertiary/aromatic N) is 1. The van der Waals surface area contributed by atoms with E-state index in [1.807, 2.05) is 0 Å². The minimum atomic E-state index is 0.694. The molecule has 1 unspecified atom stereocenters. The molecule has 0 N–H and O–H groups in total. The molecule has 0 aliphatic carbocycles. The van der Waals surface area contributed by atoms with Gasteiger partial charge in [-0.2, -0.15) is 12.6 Å². The average molecular weight is 187 g/mol. The Morgan fingerprint density at radius 2 is 2.00 bits per heavy atom. The van der Waals surface area contributed by atoms with E-state index in [2.05, 4.69) is 50.5 Å². The van der Waals surface area contributed by atoms with Gasteiger partial charge in [0.1, 0.15) is 0 Å². The largest absolute Gasteiger partial charge is 0.297 e. The number of hydrogen-bond acceptors (Lipinski definition) is 2. The van der Waals surface area contributed by atoms with Gasteiger partial charge in [-0.3, -0.25) is 4.90 Å². The summed E-state index contributed by atoms with van der Waals surface area (Å²) >= 11 is 4.12. The van der Waals surface area contributed by atoms with Gasteiger partial charge >= 0.3 is 0 Å². The monoisotopic (exact) mass is 187 g/mol. The summed E-state index contributed by atoms with van der Waals surface area (Å²) in [7, 11) is 0. The van der Waals surface area contributed by atoms with Crippen LogP contribution in [0.3, 0.4) is 0 Å². The molecule has 2 heteroatoms. The van der Waals surface area contributed by atoms with Gasteiger partial charge in [0, 0.05) is 18.3 Å². The molecule has 0 aromatic rings. The lowest BCUT2D eigenvalue weighted by Gasteiger charge is -2.25. The molecule has 0 radical (unpaired) electrons. The van der Waals surface area contributed by atoms with Gasteiger partial charge in [0.25, 0.3) is 0 Å². The van der Waals surface area contributed by atoms with Crippen LogP contribution < -0.4 is 0 Å². The average Bonchev–Trinajstić information content (AvgIpc) is 2.11. The van der Waals surface area contributed by atoms with Crippen LogP contribution in [0.2, 0.25) is 0 Å². The minimum Gasteiger partial charge on any atom is -0.297 e. The molecule has 1 nitrogen and oxygen atoms in total. The molecule has 0 heterocycles. The van der Waals surface area contributed by atoms with Crippen LogP contribution in [-0.4, -0.2) is 29.8 Å². The molecule has 0 saturated heterocycles. The van der Waals surface area contributed by atoms with Crippen molar-refractivity contribution < 1.29 is 0 Å².